The zero-order valence-electron chi connectivity index (χ0n) is 19.3. The van der Waals surface area contributed by atoms with Gasteiger partial charge in [-0.05, 0) is 61.0 Å². The molecular weight excluding hydrogens is 434 g/mol. The Balaban J connectivity index is 1.63. The third-order valence-corrected chi connectivity index (χ3v) is 5.63. The molecule has 0 aliphatic carbocycles. The van der Waals surface area contributed by atoms with Crippen LogP contribution >= 0.6 is 0 Å². The van der Waals surface area contributed by atoms with E-state index in [-0.39, 0.29) is 0 Å². The molecule has 0 bridgehead atoms. The number of para-hydroxylation sites is 3. The molecule has 2 aromatic heterocycles. The fourth-order valence-electron chi connectivity index (χ4n) is 3.93. The highest BCUT2D eigenvalue weighted by molar-refractivity contribution is 5.92. The van der Waals surface area contributed by atoms with Crippen LogP contribution in [0.5, 0.6) is 5.75 Å². The molecule has 6 heteroatoms. The fraction of sp³-hybridized carbons (Fsp3) is 0.0690. The number of allylic oxidation sites excluding steroid dienone is 1. The van der Waals surface area contributed by atoms with Crippen LogP contribution in [0.3, 0.4) is 0 Å². The van der Waals surface area contributed by atoms with E-state index in [1.165, 1.54) is 0 Å². The molecule has 0 aliphatic rings. The van der Waals surface area contributed by atoms with Gasteiger partial charge in [0.1, 0.15) is 29.9 Å². The number of hydrogen-bond acceptors (Lipinski definition) is 4. The molecule has 0 spiro atoms. The van der Waals surface area contributed by atoms with E-state index in [1.54, 1.807) is 6.08 Å². The number of benzene rings is 3. The number of nitriles is 1. The van der Waals surface area contributed by atoms with Crippen LogP contribution in [-0.4, -0.2) is 26.4 Å². The molecule has 0 aliphatic heterocycles. The first-order chi connectivity index (χ1) is 17.2. The molecule has 3 aromatic carbocycles. The summed E-state index contributed by atoms with van der Waals surface area (Å²) >= 11 is 0. The van der Waals surface area contributed by atoms with Crippen LogP contribution in [0.25, 0.3) is 39.6 Å². The van der Waals surface area contributed by atoms with Gasteiger partial charge in [-0.25, -0.2) is 9.67 Å². The summed E-state index contributed by atoms with van der Waals surface area (Å²) in [6.07, 6.45) is 5.48. The SMILES string of the molecule is C=CCOc1ccc(-c2nn(-c3ccccc3)cc2C=C(C#N)c2nc3ccccc3[nH]2)cc1C. The smallest absolute Gasteiger partial charge is 0.149 e. The molecule has 0 fully saturated rings. The standard InChI is InChI=1S/C29H23N5O/c1-3-15-35-27-14-13-21(16-20(27)2)28-23(19-34(33-28)24-9-5-4-6-10-24)17-22(18-30)29-31-25-11-7-8-12-26(25)32-29/h3-14,16-17,19H,1,15H2,2H3,(H,31,32). The number of imidazole rings is 1. The van der Waals surface area contributed by atoms with E-state index in [9.17, 15) is 5.26 Å². The molecule has 0 unspecified atom stereocenters. The van der Waals surface area contributed by atoms with Crippen LogP contribution in [0.15, 0.2) is 91.6 Å². The highest BCUT2D eigenvalue weighted by atomic mass is 16.5. The zero-order valence-corrected chi connectivity index (χ0v) is 19.3. The summed E-state index contributed by atoms with van der Waals surface area (Å²) in [5.74, 6) is 1.32. The third-order valence-electron chi connectivity index (χ3n) is 5.63. The quantitative estimate of drug-likeness (QED) is 0.228. The maximum absolute atomic E-state index is 9.98. The van der Waals surface area contributed by atoms with Crippen molar-refractivity contribution in [2.75, 3.05) is 6.61 Å². The molecule has 5 rings (SSSR count). The van der Waals surface area contributed by atoms with Gasteiger partial charge in [-0.2, -0.15) is 10.4 Å². The van der Waals surface area contributed by atoms with Crippen LogP contribution in [0.1, 0.15) is 17.0 Å². The van der Waals surface area contributed by atoms with Crippen LogP contribution < -0.4 is 4.74 Å². The van der Waals surface area contributed by atoms with Crippen molar-refractivity contribution in [3.63, 3.8) is 0 Å². The predicted octanol–water partition coefficient (Wildman–Crippen LogP) is 6.35. The summed E-state index contributed by atoms with van der Waals surface area (Å²) < 4.78 is 7.56. The van der Waals surface area contributed by atoms with Crippen molar-refractivity contribution in [2.24, 2.45) is 0 Å². The van der Waals surface area contributed by atoms with Gasteiger partial charge < -0.3 is 9.72 Å². The van der Waals surface area contributed by atoms with Gasteiger partial charge in [0.2, 0.25) is 0 Å². The van der Waals surface area contributed by atoms with E-state index in [1.807, 2.05) is 96.7 Å². The Morgan fingerprint density at radius 1 is 1.11 bits per heavy atom. The number of ether oxygens (including phenoxy) is 1. The van der Waals surface area contributed by atoms with E-state index in [0.717, 1.165) is 44.9 Å². The Hall–Kier alpha value is -4.89. The Morgan fingerprint density at radius 3 is 2.66 bits per heavy atom. The monoisotopic (exact) mass is 457 g/mol. The normalized spacial score (nSPS) is 11.4. The molecule has 35 heavy (non-hydrogen) atoms. The average Bonchev–Trinajstić information content (AvgIpc) is 3.51. The lowest BCUT2D eigenvalue weighted by Gasteiger charge is -2.09. The van der Waals surface area contributed by atoms with Crippen molar-refractivity contribution in [1.82, 2.24) is 19.7 Å². The summed E-state index contributed by atoms with van der Waals surface area (Å²) in [5, 5.41) is 14.9. The summed E-state index contributed by atoms with van der Waals surface area (Å²) in [4.78, 5) is 7.85. The molecule has 5 aromatic rings. The van der Waals surface area contributed by atoms with Gasteiger partial charge in [0.15, 0.2) is 0 Å². The van der Waals surface area contributed by atoms with Gasteiger partial charge in [0.25, 0.3) is 0 Å². The topological polar surface area (TPSA) is 79.5 Å². The number of hydrogen-bond donors (Lipinski definition) is 1. The number of aryl methyl sites for hydroxylation is 1. The second-order valence-electron chi connectivity index (χ2n) is 8.07. The van der Waals surface area contributed by atoms with E-state index < -0.39 is 0 Å². The molecule has 2 heterocycles. The minimum atomic E-state index is 0.428. The van der Waals surface area contributed by atoms with Gasteiger partial charge in [0.05, 0.1) is 22.3 Å². The first kappa shape index (κ1) is 21.9. The summed E-state index contributed by atoms with van der Waals surface area (Å²) in [5.41, 5.74) is 6.55. The number of aromatic amines is 1. The number of nitrogens with zero attached hydrogens (tertiary/aromatic N) is 4. The lowest BCUT2D eigenvalue weighted by Crippen LogP contribution is -1.96. The zero-order chi connectivity index (χ0) is 24.2. The molecule has 0 saturated heterocycles. The molecule has 0 atom stereocenters. The van der Waals surface area contributed by atoms with Crippen molar-refractivity contribution < 1.29 is 4.74 Å². The maximum Gasteiger partial charge on any atom is 0.149 e. The molecular formula is C29H23N5O. The molecule has 0 amide bonds. The first-order valence-electron chi connectivity index (χ1n) is 11.2. The number of nitrogens with one attached hydrogen (secondary N) is 1. The van der Waals surface area contributed by atoms with Crippen LogP contribution in [-0.2, 0) is 0 Å². The number of rotatable bonds is 7. The van der Waals surface area contributed by atoms with E-state index in [2.05, 4.69) is 22.6 Å². The Labute approximate surface area is 203 Å². The van der Waals surface area contributed by atoms with Gasteiger partial charge >= 0.3 is 0 Å². The largest absolute Gasteiger partial charge is 0.489 e. The van der Waals surface area contributed by atoms with Crippen molar-refractivity contribution in [3.05, 3.63) is 109 Å². The second kappa shape index (κ2) is 9.54. The summed E-state index contributed by atoms with van der Waals surface area (Å²) in [6, 6.07) is 25.9. The molecule has 1 N–H and O–H groups in total. The highest BCUT2D eigenvalue weighted by Gasteiger charge is 2.15. The number of aromatic nitrogens is 4. The third kappa shape index (κ3) is 4.48. The Kier molecular flexibility index (Phi) is 5.98. The fourth-order valence-corrected chi connectivity index (χ4v) is 3.93. The molecule has 6 nitrogen and oxygen atoms in total. The van der Waals surface area contributed by atoms with E-state index >= 15 is 0 Å². The summed E-state index contributed by atoms with van der Waals surface area (Å²) in [7, 11) is 0. The number of fused-ring (bicyclic) bond motifs is 1. The second-order valence-corrected chi connectivity index (χ2v) is 8.07. The Bertz CT molecular complexity index is 1550. The lowest BCUT2D eigenvalue weighted by atomic mass is 10.0. The van der Waals surface area contributed by atoms with Crippen LogP contribution in [0.4, 0.5) is 0 Å². The molecule has 170 valence electrons. The van der Waals surface area contributed by atoms with Gasteiger partial charge in [-0.3, -0.25) is 0 Å². The van der Waals surface area contributed by atoms with Gasteiger partial charge in [-0.15, -0.1) is 0 Å². The van der Waals surface area contributed by atoms with E-state index in [4.69, 9.17) is 9.84 Å². The van der Waals surface area contributed by atoms with Crippen molar-refractivity contribution >= 4 is 22.7 Å². The van der Waals surface area contributed by atoms with Crippen molar-refractivity contribution in [2.45, 2.75) is 6.92 Å². The molecule has 0 saturated carbocycles. The predicted molar refractivity (Wildman–Crippen MR) is 139 cm³/mol. The van der Waals surface area contributed by atoms with Crippen LogP contribution in [0.2, 0.25) is 0 Å². The number of H-pyrrole nitrogens is 1. The van der Waals surface area contributed by atoms with Gasteiger partial charge in [0, 0.05) is 17.3 Å². The Morgan fingerprint density at radius 2 is 1.91 bits per heavy atom. The summed E-state index contributed by atoms with van der Waals surface area (Å²) in [6.45, 7) is 6.15. The highest BCUT2D eigenvalue weighted by Crippen LogP contribution is 2.31. The van der Waals surface area contributed by atoms with Crippen LogP contribution in [0, 0.1) is 18.3 Å². The van der Waals surface area contributed by atoms with Gasteiger partial charge in [-0.1, -0.05) is 43.0 Å². The van der Waals surface area contributed by atoms with E-state index in [0.29, 0.717) is 18.0 Å². The minimum absolute atomic E-state index is 0.428. The minimum Gasteiger partial charge on any atom is -0.489 e. The lowest BCUT2D eigenvalue weighted by molar-refractivity contribution is 0.361. The average molecular weight is 458 g/mol. The van der Waals surface area contributed by atoms with Crippen molar-refractivity contribution in [1.29, 1.82) is 5.26 Å². The maximum atomic E-state index is 9.98. The first-order valence-corrected chi connectivity index (χ1v) is 11.2. The molecule has 0 radical (unpaired) electrons. The van der Waals surface area contributed by atoms with Crippen molar-refractivity contribution in [3.8, 4) is 28.8 Å².